The molecular formula is C8H9AcFN2O3. The molecule has 7 heteroatoms. The zero-order valence-corrected chi connectivity index (χ0v) is 12.6. The van der Waals surface area contributed by atoms with E-state index < -0.39 is 10.7 Å². The monoisotopic (exact) mass is 427 g/mol. The van der Waals surface area contributed by atoms with E-state index in [1.165, 1.54) is 0 Å². The van der Waals surface area contributed by atoms with Gasteiger partial charge in [-0.2, -0.15) is 0 Å². The average molecular weight is 427 g/mol. The second-order valence-corrected chi connectivity index (χ2v) is 2.70. The number of hydrogen-bond donors (Lipinski definition) is 2. The first-order chi connectivity index (χ1) is 6.57. The average Bonchev–Trinajstić information content (AvgIpc) is 2.13. The van der Waals surface area contributed by atoms with Crippen molar-refractivity contribution in [2.45, 2.75) is 6.42 Å². The van der Waals surface area contributed by atoms with Crippen LogP contribution in [0.3, 0.4) is 0 Å². The van der Waals surface area contributed by atoms with E-state index >= 15 is 0 Å². The number of anilines is 1. The van der Waals surface area contributed by atoms with Gasteiger partial charge >= 0.3 is 0 Å². The summed E-state index contributed by atoms with van der Waals surface area (Å²) in [6.45, 7) is -0.360. The van der Waals surface area contributed by atoms with Crippen molar-refractivity contribution in [3.63, 3.8) is 0 Å². The van der Waals surface area contributed by atoms with Crippen molar-refractivity contribution < 1.29 is 58.5 Å². The molecule has 0 atom stereocenters. The minimum atomic E-state index is -0.826. The van der Waals surface area contributed by atoms with Gasteiger partial charge in [-0.25, -0.2) is 4.39 Å². The number of benzene rings is 1. The molecule has 15 heavy (non-hydrogen) atoms. The van der Waals surface area contributed by atoms with Crippen molar-refractivity contribution in [1.29, 1.82) is 0 Å². The number of nitrogen functional groups attached to an aromatic ring is 1. The van der Waals surface area contributed by atoms with Gasteiger partial charge in [0.1, 0.15) is 0 Å². The first-order valence-corrected chi connectivity index (χ1v) is 3.90. The minimum Gasteiger partial charge on any atom is -0.396 e. The zero-order valence-electron chi connectivity index (χ0n) is 7.81. The van der Waals surface area contributed by atoms with Crippen molar-refractivity contribution in [3.05, 3.63) is 33.6 Å². The number of aliphatic hydroxyl groups is 1. The van der Waals surface area contributed by atoms with E-state index in [2.05, 4.69) is 0 Å². The van der Waals surface area contributed by atoms with Gasteiger partial charge in [0.25, 0.3) is 5.69 Å². The fourth-order valence-electron chi connectivity index (χ4n) is 1.15. The molecule has 1 aromatic carbocycles. The minimum absolute atomic E-state index is 0. The summed E-state index contributed by atoms with van der Waals surface area (Å²) in [4.78, 5) is 9.78. The van der Waals surface area contributed by atoms with Gasteiger partial charge in [-0.3, -0.25) is 10.1 Å². The molecule has 1 radical (unpaired) electrons. The van der Waals surface area contributed by atoms with Gasteiger partial charge < -0.3 is 10.8 Å². The predicted octanol–water partition coefficient (Wildman–Crippen LogP) is 0.851. The SMILES string of the molecule is Nc1ccc([N+](=O)[O-])c(CCO)c1F.[Ac]. The Kier molecular flexibility index (Phi) is 6.25. The molecule has 0 spiro atoms. The second-order valence-electron chi connectivity index (χ2n) is 2.70. The second kappa shape index (κ2) is 6.36. The van der Waals surface area contributed by atoms with Crippen molar-refractivity contribution >= 4 is 11.4 Å². The number of nitrogens with zero attached hydrogens (tertiary/aromatic N) is 1. The number of nitro groups is 1. The quantitative estimate of drug-likeness (QED) is 0.426. The van der Waals surface area contributed by atoms with Crippen LogP contribution in [-0.2, 0) is 6.42 Å². The standard InChI is InChI=1S/C8H9FN2O3.Ac/c9-8-5(3-4-12)7(11(13)14)2-1-6(8)10;/h1-2,12H,3-4,10H2;. The van der Waals surface area contributed by atoms with Crippen LogP contribution in [0.4, 0.5) is 15.8 Å². The van der Waals surface area contributed by atoms with Crippen molar-refractivity contribution in [2.24, 2.45) is 0 Å². The van der Waals surface area contributed by atoms with Crippen molar-refractivity contribution in [2.75, 3.05) is 12.3 Å². The summed E-state index contributed by atoms with van der Waals surface area (Å²) in [5.41, 5.74) is 4.58. The van der Waals surface area contributed by atoms with E-state index in [0.717, 1.165) is 12.1 Å². The summed E-state index contributed by atoms with van der Waals surface area (Å²) < 4.78 is 13.3. The maximum Gasteiger partial charge on any atom is 0.275 e. The molecule has 0 amide bonds. The van der Waals surface area contributed by atoms with Crippen LogP contribution in [0.25, 0.3) is 0 Å². The van der Waals surface area contributed by atoms with Crippen LogP contribution in [0.15, 0.2) is 12.1 Å². The molecule has 0 heterocycles. The molecule has 1 aromatic rings. The Labute approximate surface area is 121 Å². The molecular weight excluding hydrogens is 418 g/mol. The normalized spacial score (nSPS) is 9.47. The molecule has 3 N–H and O–H groups in total. The number of halogens is 1. The molecule has 0 unspecified atom stereocenters. The summed E-state index contributed by atoms with van der Waals surface area (Å²) >= 11 is 0. The van der Waals surface area contributed by atoms with Crippen molar-refractivity contribution in [3.8, 4) is 0 Å². The molecule has 0 aliphatic heterocycles. The third-order valence-electron chi connectivity index (χ3n) is 1.81. The maximum absolute atomic E-state index is 13.3. The fraction of sp³-hybridized carbons (Fsp3) is 0.250. The summed E-state index contributed by atoms with van der Waals surface area (Å²) in [5.74, 6) is -0.826. The summed E-state index contributed by atoms with van der Waals surface area (Å²) in [5, 5.41) is 19.1. The molecule has 0 saturated carbocycles. The fourth-order valence-corrected chi connectivity index (χ4v) is 1.15. The molecule has 1 rings (SSSR count). The molecule has 0 aliphatic carbocycles. The smallest absolute Gasteiger partial charge is 0.275 e. The van der Waals surface area contributed by atoms with E-state index in [1.54, 1.807) is 0 Å². The Bertz CT molecular complexity index is 373. The molecule has 0 aliphatic rings. The zero-order chi connectivity index (χ0) is 10.7. The Morgan fingerprint density at radius 2 is 2.13 bits per heavy atom. The van der Waals surface area contributed by atoms with E-state index in [9.17, 15) is 14.5 Å². The van der Waals surface area contributed by atoms with Gasteiger partial charge in [0.15, 0.2) is 5.82 Å². The van der Waals surface area contributed by atoms with Gasteiger partial charge in [0, 0.05) is 63.2 Å². The summed E-state index contributed by atoms with van der Waals surface area (Å²) in [7, 11) is 0. The molecule has 0 aromatic heterocycles. The first-order valence-electron chi connectivity index (χ1n) is 3.90. The van der Waals surface area contributed by atoms with Crippen LogP contribution >= 0.6 is 0 Å². The van der Waals surface area contributed by atoms with E-state index in [4.69, 9.17) is 10.8 Å². The van der Waals surface area contributed by atoms with Gasteiger partial charge in [0.2, 0.25) is 0 Å². The van der Waals surface area contributed by atoms with E-state index in [-0.39, 0.29) is 74.0 Å². The van der Waals surface area contributed by atoms with Crippen LogP contribution in [-0.4, -0.2) is 16.6 Å². The Balaban J connectivity index is 0.00000196. The molecule has 79 valence electrons. The van der Waals surface area contributed by atoms with Crippen LogP contribution < -0.4 is 5.73 Å². The van der Waals surface area contributed by atoms with Gasteiger partial charge in [-0.05, 0) is 6.07 Å². The predicted molar refractivity (Wildman–Crippen MR) is 48.3 cm³/mol. The van der Waals surface area contributed by atoms with Crippen LogP contribution in [0, 0.1) is 60.0 Å². The van der Waals surface area contributed by atoms with Crippen LogP contribution in [0.5, 0.6) is 0 Å². The van der Waals surface area contributed by atoms with Crippen LogP contribution in [0.1, 0.15) is 5.56 Å². The number of aliphatic hydroxyl groups excluding tert-OH is 1. The summed E-state index contributed by atoms with van der Waals surface area (Å²) in [6.07, 6.45) is -0.118. The number of hydrogen-bond acceptors (Lipinski definition) is 4. The van der Waals surface area contributed by atoms with E-state index in [0.29, 0.717) is 0 Å². The third kappa shape index (κ3) is 3.37. The third-order valence-corrected chi connectivity index (χ3v) is 1.81. The summed E-state index contributed by atoms with van der Waals surface area (Å²) in [6, 6.07) is 2.26. The molecule has 0 bridgehead atoms. The number of nitro benzene ring substituents is 1. The Morgan fingerprint density at radius 3 is 2.60 bits per heavy atom. The van der Waals surface area contributed by atoms with E-state index in [1.807, 2.05) is 0 Å². The molecule has 0 fully saturated rings. The molecule has 0 saturated heterocycles. The number of rotatable bonds is 3. The number of nitrogens with two attached hydrogens (primary N) is 1. The topological polar surface area (TPSA) is 89.4 Å². The van der Waals surface area contributed by atoms with Gasteiger partial charge in [-0.1, -0.05) is 0 Å². The largest absolute Gasteiger partial charge is 0.396 e. The Morgan fingerprint density at radius 1 is 1.53 bits per heavy atom. The van der Waals surface area contributed by atoms with Gasteiger partial charge in [-0.15, -0.1) is 0 Å². The van der Waals surface area contributed by atoms with Crippen LogP contribution in [0.2, 0.25) is 0 Å². The first kappa shape index (κ1) is 14.8. The maximum atomic E-state index is 13.3. The molecule has 5 nitrogen and oxygen atoms in total. The Hall–Kier alpha value is -0.248. The van der Waals surface area contributed by atoms with Crippen molar-refractivity contribution in [1.82, 2.24) is 0 Å². The van der Waals surface area contributed by atoms with Gasteiger partial charge in [0.05, 0.1) is 16.2 Å².